The summed E-state index contributed by atoms with van der Waals surface area (Å²) < 4.78 is 5.76. The van der Waals surface area contributed by atoms with E-state index in [1.807, 2.05) is 50.2 Å². The van der Waals surface area contributed by atoms with Crippen LogP contribution in [0.15, 0.2) is 40.8 Å². The molecule has 0 spiro atoms. The number of aryl methyl sites for hydroxylation is 1. The van der Waals surface area contributed by atoms with E-state index in [-0.39, 0.29) is 11.8 Å². The summed E-state index contributed by atoms with van der Waals surface area (Å²) in [5.74, 6) is 1.46. The minimum absolute atomic E-state index is 0.0251. The zero-order valence-corrected chi connectivity index (χ0v) is 15.0. The van der Waals surface area contributed by atoms with Crippen molar-refractivity contribution in [2.24, 2.45) is 0 Å². The third-order valence-electron chi connectivity index (χ3n) is 4.45. The first kappa shape index (κ1) is 16.0. The Hall–Kier alpha value is -2.47. The number of nitrogens with zero attached hydrogens (tertiary/aromatic N) is 2. The number of carbonyl (C=O) groups excluding carboxylic acids is 1. The molecule has 0 bridgehead atoms. The molecule has 3 aromatic rings. The van der Waals surface area contributed by atoms with Crippen molar-refractivity contribution in [1.82, 2.24) is 10.2 Å². The second-order valence-corrected chi connectivity index (χ2v) is 7.68. The van der Waals surface area contributed by atoms with Crippen molar-refractivity contribution in [3.05, 3.63) is 52.7 Å². The van der Waals surface area contributed by atoms with Crippen molar-refractivity contribution in [3.63, 3.8) is 0 Å². The molecule has 1 N–H and O–H groups in total. The van der Waals surface area contributed by atoms with Gasteiger partial charge in [0.25, 0.3) is 5.89 Å². The Balaban J connectivity index is 1.50. The van der Waals surface area contributed by atoms with E-state index in [0.717, 1.165) is 39.7 Å². The van der Waals surface area contributed by atoms with Crippen molar-refractivity contribution in [3.8, 4) is 10.8 Å². The SMILES string of the molecule is Cc1sc(-c2nnc(C3CC3)o2)cc1NC(=O)[C@@H](C)c1ccccc1. The van der Waals surface area contributed by atoms with Gasteiger partial charge in [0.1, 0.15) is 0 Å². The maximum absolute atomic E-state index is 12.6. The van der Waals surface area contributed by atoms with Crippen molar-refractivity contribution >= 4 is 22.9 Å². The summed E-state index contributed by atoms with van der Waals surface area (Å²) in [5, 5.41) is 11.3. The van der Waals surface area contributed by atoms with Crippen molar-refractivity contribution < 1.29 is 9.21 Å². The van der Waals surface area contributed by atoms with Gasteiger partial charge >= 0.3 is 0 Å². The van der Waals surface area contributed by atoms with Gasteiger partial charge in [-0.2, -0.15) is 0 Å². The summed E-state index contributed by atoms with van der Waals surface area (Å²) in [4.78, 5) is 14.5. The third-order valence-corrected chi connectivity index (χ3v) is 5.48. The van der Waals surface area contributed by atoms with E-state index in [9.17, 15) is 4.79 Å². The summed E-state index contributed by atoms with van der Waals surface area (Å²) in [7, 11) is 0. The van der Waals surface area contributed by atoms with Crippen LogP contribution in [0.5, 0.6) is 0 Å². The summed E-state index contributed by atoms with van der Waals surface area (Å²) in [6.45, 7) is 3.89. The molecular formula is C19H19N3O2S. The minimum Gasteiger partial charge on any atom is -0.420 e. The van der Waals surface area contributed by atoms with Gasteiger partial charge in [-0.3, -0.25) is 4.79 Å². The van der Waals surface area contributed by atoms with Crippen LogP contribution in [-0.2, 0) is 4.79 Å². The molecule has 1 aliphatic rings. The summed E-state index contributed by atoms with van der Waals surface area (Å²) in [6, 6.07) is 11.7. The highest BCUT2D eigenvalue weighted by atomic mass is 32.1. The minimum atomic E-state index is -0.214. The van der Waals surface area contributed by atoms with Crippen LogP contribution in [0.4, 0.5) is 5.69 Å². The van der Waals surface area contributed by atoms with E-state index >= 15 is 0 Å². The van der Waals surface area contributed by atoms with Crippen LogP contribution >= 0.6 is 11.3 Å². The quantitative estimate of drug-likeness (QED) is 0.720. The van der Waals surface area contributed by atoms with Gasteiger partial charge in [-0.05, 0) is 38.3 Å². The Labute approximate surface area is 150 Å². The molecule has 0 unspecified atom stereocenters. The average molecular weight is 353 g/mol. The average Bonchev–Trinajstić information content (AvgIpc) is 3.25. The highest BCUT2D eigenvalue weighted by Crippen LogP contribution is 2.41. The molecule has 6 heteroatoms. The van der Waals surface area contributed by atoms with Gasteiger partial charge in [0, 0.05) is 10.8 Å². The Bertz CT molecular complexity index is 897. The molecule has 0 radical (unpaired) electrons. The highest BCUT2D eigenvalue weighted by molar-refractivity contribution is 7.15. The number of carbonyl (C=O) groups is 1. The summed E-state index contributed by atoms with van der Waals surface area (Å²) in [5.41, 5.74) is 1.80. The van der Waals surface area contributed by atoms with E-state index in [2.05, 4.69) is 15.5 Å². The predicted octanol–water partition coefficient (Wildman–Crippen LogP) is 4.73. The smallest absolute Gasteiger partial charge is 0.257 e. The van der Waals surface area contributed by atoms with E-state index in [4.69, 9.17) is 4.42 Å². The maximum Gasteiger partial charge on any atom is 0.257 e. The van der Waals surface area contributed by atoms with Crippen LogP contribution in [0.1, 0.15) is 47.9 Å². The molecule has 1 fully saturated rings. The Morgan fingerprint density at radius 3 is 2.76 bits per heavy atom. The van der Waals surface area contributed by atoms with Gasteiger partial charge in [0.15, 0.2) is 0 Å². The first-order valence-electron chi connectivity index (χ1n) is 8.42. The maximum atomic E-state index is 12.6. The number of hydrogen-bond acceptors (Lipinski definition) is 5. The van der Waals surface area contributed by atoms with E-state index in [0.29, 0.717) is 11.8 Å². The van der Waals surface area contributed by atoms with Crippen molar-refractivity contribution in [2.45, 2.75) is 38.5 Å². The lowest BCUT2D eigenvalue weighted by Gasteiger charge is -2.12. The van der Waals surface area contributed by atoms with Gasteiger partial charge in [-0.25, -0.2) is 0 Å². The number of nitrogens with one attached hydrogen (secondary N) is 1. The number of rotatable bonds is 5. The molecule has 2 aromatic heterocycles. The number of amides is 1. The van der Waals surface area contributed by atoms with Crippen LogP contribution in [0.25, 0.3) is 10.8 Å². The van der Waals surface area contributed by atoms with Gasteiger partial charge in [0.05, 0.1) is 16.5 Å². The lowest BCUT2D eigenvalue weighted by atomic mass is 10.0. The zero-order chi connectivity index (χ0) is 17.4. The topological polar surface area (TPSA) is 68.0 Å². The van der Waals surface area contributed by atoms with Gasteiger partial charge < -0.3 is 9.73 Å². The van der Waals surface area contributed by atoms with Gasteiger partial charge in [-0.1, -0.05) is 30.3 Å². The number of benzene rings is 1. The molecule has 25 heavy (non-hydrogen) atoms. The monoisotopic (exact) mass is 353 g/mol. The molecule has 1 amide bonds. The van der Waals surface area contributed by atoms with Crippen LogP contribution < -0.4 is 5.32 Å². The van der Waals surface area contributed by atoms with E-state index < -0.39 is 0 Å². The van der Waals surface area contributed by atoms with Crippen molar-refractivity contribution in [2.75, 3.05) is 5.32 Å². The fraction of sp³-hybridized carbons (Fsp3) is 0.316. The highest BCUT2D eigenvalue weighted by Gasteiger charge is 2.30. The molecule has 1 saturated carbocycles. The summed E-state index contributed by atoms with van der Waals surface area (Å²) in [6.07, 6.45) is 2.26. The fourth-order valence-electron chi connectivity index (χ4n) is 2.68. The second-order valence-electron chi connectivity index (χ2n) is 6.42. The number of aromatic nitrogens is 2. The Morgan fingerprint density at radius 2 is 2.04 bits per heavy atom. The molecule has 4 rings (SSSR count). The molecule has 1 aromatic carbocycles. The van der Waals surface area contributed by atoms with Crippen LogP contribution in [0.3, 0.4) is 0 Å². The zero-order valence-electron chi connectivity index (χ0n) is 14.2. The van der Waals surface area contributed by atoms with Gasteiger partial charge in [-0.15, -0.1) is 21.5 Å². The summed E-state index contributed by atoms with van der Waals surface area (Å²) >= 11 is 1.55. The Morgan fingerprint density at radius 1 is 1.28 bits per heavy atom. The Kier molecular flexibility index (Phi) is 4.13. The molecule has 128 valence electrons. The van der Waals surface area contributed by atoms with E-state index in [1.165, 1.54) is 0 Å². The number of thiophene rings is 1. The molecular weight excluding hydrogens is 334 g/mol. The molecule has 1 atom stereocenters. The normalized spacial score (nSPS) is 15.1. The van der Waals surface area contributed by atoms with Crippen molar-refractivity contribution in [1.29, 1.82) is 0 Å². The molecule has 0 saturated heterocycles. The standard InChI is InChI=1S/C19H19N3O2S/c1-11(13-6-4-3-5-7-13)17(23)20-15-10-16(25-12(15)2)19-22-21-18(24-19)14-8-9-14/h3-7,10-11,14H,8-9H2,1-2H3,(H,20,23)/t11-/m0/s1. The van der Waals surface area contributed by atoms with Crippen LogP contribution in [0.2, 0.25) is 0 Å². The molecule has 1 aliphatic carbocycles. The first-order chi connectivity index (χ1) is 12.1. The lowest BCUT2D eigenvalue weighted by Crippen LogP contribution is -2.18. The fourth-order valence-corrected chi connectivity index (χ4v) is 3.57. The lowest BCUT2D eigenvalue weighted by molar-refractivity contribution is -0.117. The predicted molar refractivity (Wildman–Crippen MR) is 97.8 cm³/mol. The van der Waals surface area contributed by atoms with Crippen LogP contribution in [-0.4, -0.2) is 16.1 Å². The van der Waals surface area contributed by atoms with E-state index in [1.54, 1.807) is 11.3 Å². The first-order valence-corrected chi connectivity index (χ1v) is 9.23. The van der Waals surface area contributed by atoms with Crippen LogP contribution in [0, 0.1) is 6.92 Å². The molecule has 0 aliphatic heterocycles. The molecule has 2 heterocycles. The van der Waals surface area contributed by atoms with Gasteiger partial charge in [0.2, 0.25) is 11.8 Å². The third kappa shape index (κ3) is 3.35. The second kappa shape index (κ2) is 6.44. The largest absolute Gasteiger partial charge is 0.420 e. The number of hydrogen-bond donors (Lipinski definition) is 1. The molecule has 5 nitrogen and oxygen atoms in total. The number of anilines is 1.